The summed E-state index contributed by atoms with van der Waals surface area (Å²) in [5.74, 6) is -3.02. The van der Waals surface area contributed by atoms with E-state index in [0.717, 1.165) is 20.6 Å². The van der Waals surface area contributed by atoms with Gasteiger partial charge in [-0.15, -0.1) is 0 Å². The summed E-state index contributed by atoms with van der Waals surface area (Å²) in [5.41, 5.74) is 1.39. The fourth-order valence-electron chi connectivity index (χ4n) is 6.77. The maximum atomic E-state index is 15.0. The molecule has 6 aromatic carbocycles. The molecule has 0 saturated heterocycles. The van der Waals surface area contributed by atoms with Crippen molar-refractivity contribution in [2.75, 3.05) is 0 Å². The fourth-order valence-corrected chi connectivity index (χ4v) is 6.77. The van der Waals surface area contributed by atoms with Crippen LogP contribution >= 0.6 is 0 Å². The van der Waals surface area contributed by atoms with Crippen LogP contribution in [0.1, 0.15) is 43.0 Å². The van der Waals surface area contributed by atoms with Crippen LogP contribution in [0.3, 0.4) is 0 Å². The number of amides is 4. The molecule has 0 aliphatic carbocycles. The highest BCUT2D eigenvalue weighted by atomic mass is 16.2. The second kappa shape index (κ2) is 11.7. The van der Waals surface area contributed by atoms with Crippen molar-refractivity contribution >= 4 is 56.6 Å². The molecular weight excluding hydrogens is 624 g/mol. The Morgan fingerprint density at radius 3 is 1.28 bits per heavy atom. The van der Waals surface area contributed by atoms with Gasteiger partial charge >= 0.3 is 0 Å². The number of fused-ring (bicyclic) bond motifs is 3. The lowest BCUT2D eigenvalue weighted by Crippen LogP contribution is -2.36. The van der Waals surface area contributed by atoms with Gasteiger partial charge in [-0.3, -0.25) is 19.2 Å². The van der Waals surface area contributed by atoms with Crippen LogP contribution in [0.2, 0.25) is 0 Å². The highest BCUT2D eigenvalue weighted by Gasteiger charge is 2.53. The number of nitrogens with zero attached hydrogens (tertiary/aromatic N) is 4. The summed E-state index contributed by atoms with van der Waals surface area (Å²) in [6.45, 7) is 0. The van der Waals surface area contributed by atoms with Gasteiger partial charge in [0.25, 0.3) is 23.6 Å². The van der Waals surface area contributed by atoms with Crippen molar-refractivity contribution in [3.05, 3.63) is 178 Å². The molecule has 2 heterocycles. The maximum Gasteiger partial charge on any atom is 0.268 e. The van der Waals surface area contributed by atoms with Crippen molar-refractivity contribution in [2.24, 2.45) is 0 Å². The van der Waals surface area contributed by atoms with Crippen molar-refractivity contribution in [3.63, 3.8) is 0 Å². The number of carbonyl (C=O) groups excluding carboxylic acids is 4. The second-order valence-electron chi connectivity index (χ2n) is 11.8. The summed E-state index contributed by atoms with van der Waals surface area (Å²) in [6, 6.07) is 41.7. The Morgan fingerprint density at radius 1 is 0.480 bits per heavy atom. The molecule has 8 heteroatoms. The third kappa shape index (κ3) is 4.52. The van der Waals surface area contributed by atoms with Crippen LogP contribution in [0.4, 0.5) is 0 Å². The standard InChI is InChI=1S/C42H22N4O4/c43-23-25-9-5-15-29(21-25)39(47)45-37(33-19-7-13-27-11-1-3-17-31(27)33)35-36(42(45)50)38(34-20-8-14-28-12-2-4-18-32(28)34)46(41(35)49)40(48)30-16-6-10-26(22-30)24-44/h1-22H. The van der Waals surface area contributed by atoms with Crippen molar-refractivity contribution in [3.8, 4) is 12.1 Å². The van der Waals surface area contributed by atoms with Crippen LogP contribution in [-0.2, 0) is 9.59 Å². The SMILES string of the molecule is N#Cc1cccc(C(=O)N2C(=O)C3=C(c4cccc5ccccc45)N(C(=O)c4cccc(C#N)c4)C(=O)C3=C2c2cccc3ccccc23)c1. The summed E-state index contributed by atoms with van der Waals surface area (Å²) in [6.07, 6.45) is 0. The molecule has 6 aromatic rings. The summed E-state index contributed by atoms with van der Waals surface area (Å²) >= 11 is 0. The highest BCUT2D eigenvalue weighted by molar-refractivity contribution is 6.38. The third-order valence-electron chi connectivity index (χ3n) is 8.98. The minimum Gasteiger partial charge on any atom is -0.268 e. The van der Waals surface area contributed by atoms with Gasteiger partial charge in [-0.1, -0.05) is 97.1 Å². The van der Waals surface area contributed by atoms with Crippen LogP contribution in [0.5, 0.6) is 0 Å². The quantitative estimate of drug-likeness (QED) is 0.186. The van der Waals surface area contributed by atoms with E-state index in [9.17, 15) is 29.7 Å². The van der Waals surface area contributed by atoms with Crippen LogP contribution in [0.25, 0.3) is 32.9 Å². The van der Waals surface area contributed by atoms with E-state index in [-0.39, 0.29) is 44.8 Å². The minimum absolute atomic E-state index is 0.0398. The Kier molecular flexibility index (Phi) is 6.99. The monoisotopic (exact) mass is 646 g/mol. The second-order valence-corrected chi connectivity index (χ2v) is 11.8. The summed E-state index contributed by atoms with van der Waals surface area (Å²) in [4.78, 5) is 60.8. The third-order valence-corrected chi connectivity index (χ3v) is 8.98. The molecule has 0 atom stereocenters. The minimum atomic E-state index is -0.785. The van der Waals surface area contributed by atoms with E-state index >= 15 is 0 Å². The molecule has 2 aliphatic rings. The zero-order valence-electron chi connectivity index (χ0n) is 26.1. The van der Waals surface area contributed by atoms with Crippen LogP contribution < -0.4 is 0 Å². The Hall–Kier alpha value is -7.42. The summed E-state index contributed by atoms with van der Waals surface area (Å²) in [5, 5.41) is 22.1. The molecule has 0 aromatic heterocycles. The largest absolute Gasteiger partial charge is 0.268 e. The Bertz CT molecular complexity index is 2480. The van der Waals surface area contributed by atoms with Gasteiger partial charge in [0.1, 0.15) is 0 Å². The first-order valence-corrected chi connectivity index (χ1v) is 15.6. The molecule has 50 heavy (non-hydrogen) atoms. The average molecular weight is 647 g/mol. The van der Waals surface area contributed by atoms with E-state index in [1.54, 1.807) is 48.5 Å². The van der Waals surface area contributed by atoms with Gasteiger partial charge in [0.2, 0.25) is 0 Å². The van der Waals surface area contributed by atoms with Gasteiger partial charge in [0, 0.05) is 22.3 Å². The summed E-state index contributed by atoms with van der Waals surface area (Å²) < 4.78 is 0. The zero-order chi connectivity index (χ0) is 34.5. The zero-order valence-corrected chi connectivity index (χ0v) is 26.1. The molecule has 0 bridgehead atoms. The number of carbonyl (C=O) groups is 4. The molecule has 0 fully saturated rings. The van der Waals surface area contributed by atoms with E-state index in [1.165, 1.54) is 24.3 Å². The molecule has 8 nitrogen and oxygen atoms in total. The van der Waals surface area contributed by atoms with E-state index in [1.807, 2.05) is 72.8 Å². The molecule has 0 N–H and O–H groups in total. The predicted molar refractivity (Wildman–Crippen MR) is 186 cm³/mol. The van der Waals surface area contributed by atoms with Crippen molar-refractivity contribution < 1.29 is 19.2 Å². The summed E-state index contributed by atoms with van der Waals surface area (Å²) in [7, 11) is 0. The van der Waals surface area contributed by atoms with Gasteiger partial charge in [-0.25, -0.2) is 9.80 Å². The van der Waals surface area contributed by atoms with Crippen molar-refractivity contribution in [1.29, 1.82) is 10.5 Å². The van der Waals surface area contributed by atoms with E-state index in [0.29, 0.717) is 21.9 Å². The number of hydrogen-bond donors (Lipinski definition) is 0. The first-order valence-electron chi connectivity index (χ1n) is 15.6. The Balaban J connectivity index is 1.47. The van der Waals surface area contributed by atoms with Gasteiger partial charge in [-0.05, 0) is 57.9 Å². The molecule has 0 radical (unpaired) electrons. The number of nitriles is 2. The van der Waals surface area contributed by atoms with E-state index in [2.05, 4.69) is 0 Å². The molecular formula is C42H22N4O4. The van der Waals surface area contributed by atoms with Gasteiger partial charge in [0.15, 0.2) is 0 Å². The van der Waals surface area contributed by atoms with Crippen molar-refractivity contribution in [1.82, 2.24) is 9.80 Å². The maximum absolute atomic E-state index is 15.0. The molecule has 4 amide bonds. The first kappa shape index (κ1) is 29.9. The lowest BCUT2D eigenvalue weighted by molar-refractivity contribution is -0.122. The van der Waals surface area contributed by atoms with Gasteiger partial charge < -0.3 is 0 Å². The number of rotatable bonds is 4. The number of benzene rings is 6. The number of imide groups is 2. The fraction of sp³-hybridized carbons (Fsp3) is 0. The van der Waals surface area contributed by atoms with Gasteiger partial charge in [0.05, 0.1) is 45.8 Å². The van der Waals surface area contributed by atoms with Crippen molar-refractivity contribution in [2.45, 2.75) is 0 Å². The smallest absolute Gasteiger partial charge is 0.268 e. The van der Waals surface area contributed by atoms with Gasteiger partial charge in [-0.2, -0.15) is 10.5 Å². The molecule has 234 valence electrons. The lowest BCUT2D eigenvalue weighted by Gasteiger charge is -2.24. The molecule has 0 saturated carbocycles. The van der Waals surface area contributed by atoms with E-state index < -0.39 is 23.6 Å². The highest BCUT2D eigenvalue weighted by Crippen LogP contribution is 2.49. The van der Waals surface area contributed by atoms with Crippen LogP contribution in [0.15, 0.2) is 145 Å². The molecule has 2 aliphatic heterocycles. The Morgan fingerprint density at radius 2 is 0.860 bits per heavy atom. The van der Waals surface area contributed by atoms with Crippen LogP contribution in [-0.4, -0.2) is 33.4 Å². The molecule has 8 rings (SSSR count). The topological polar surface area (TPSA) is 122 Å². The lowest BCUT2D eigenvalue weighted by atomic mass is 9.96. The Labute approximate surface area is 285 Å². The molecule has 0 unspecified atom stereocenters. The van der Waals surface area contributed by atoms with E-state index in [4.69, 9.17) is 0 Å². The average Bonchev–Trinajstić information content (AvgIpc) is 3.64. The van der Waals surface area contributed by atoms with Crippen LogP contribution in [0, 0.1) is 22.7 Å². The first-order chi connectivity index (χ1) is 24.4. The normalized spacial score (nSPS) is 14.0. The number of hydrogen-bond acceptors (Lipinski definition) is 6. The predicted octanol–water partition coefficient (Wildman–Crippen LogP) is 7.22. The molecule has 0 spiro atoms.